The molecule has 1 aliphatic heterocycles. The summed E-state index contributed by atoms with van der Waals surface area (Å²) >= 11 is 0. The molecule has 3 atom stereocenters. The Kier molecular flexibility index (Phi) is 7.32. The summed E-state index contributed by atoms with van der Waals surface area (Å²) in [7, 11) is 3.14. The molecule has 3 aromatic rings. The molecule has 2 N–H and O–H groups in total. The quantitative estimate of drug-likeness (QED) is 0.497. The molecule has 6 heteroatoms. The van der Waals surface area contributed by atoms with Crippen LogP contribution in [-0.4, -0.2) is 54.8 Å². The van der Waals surface area contributed by atoms with Gasteiger partial charge in [-0.1, -0.05) is 54.6 Å². The van der Waals surface area contributed by atoms with Crippen LogP contribution in [-0.2, 0) is 5.60 Å². The van der Waals surface area contributed by atoms with Crippen LogP contribution in [0.3, 0.4) is 0 Å². The fraction of sp³-hybridized carbons (Fsp3) is 0.321. The number of carbonyl (C=O) groups is 1. The number of rotatable bonds is 8. The normalized spacial score (nSPS) is 21.6. The number of piperidine rings is 1. The van der Waals surface area contributed by atoms with E-state index in [-0.39, 0.29) is 5.78 Å². The van der Waals surface area contributed by atoms with E-state index < -0.39 is 17.6 Å². The van der Waals surface area contributed by atoms with E-state index >= 15 is 0 Å². The topological polar surface area (TPSA) is 79.2 Å². The molecule has 3 aromatic carbocycles. The van der Waals surface area contributed by atoms with Crippen LogP contribution in [0.25, 0.3) is 0 Å². The number of likely N-dealkylation sites (tertiary alicyclic amines) is 1. The molecule has 0 radical (unpaired) electrons. The van der Waals surface area contributed by atoms with Crippen molar-refractivity contribution in [3.63, 3.8) is 0 Å². The first kappa shape index (κ1) is 24.0. The SMILES string of the molecule is COc1cccc(C(=O)C2CN(CC(O)c3ccccc3)CCC2(O)c2cccc(OC)c2)c1. The highest BCUT2D eigenvalue weighted by atomic mass is 16.5. The summed E-state index contributed by atoms with van der Waals surface area (Å²) in [5.41, 5.74) is 0.586. The third kappa shape index (κ3) is 4.99. The second-order valence-corrected chi connectivity index (χ2v) is 8.74. The van der Waals surface area contributed by atoms with E-state index in [1.54, 1.807) is 44.6 Å². The monoisotopic (exact) mass is 461 g/mol. The average molecular weight is 462 g/mol. The standard InChI is InChI=1S/C28H31NO5/c1-33-23-12-6-10-21(16-23)27(31)25-18-29(19-26(30)20-8-4-3-5-9-20)15-14-28(25,32)22-11-7-13-24(17-22)34-2/h3-13,16-17,25-26,30,32H,14-15,18-19H2,1-2H3. The van der Waals surface area contributed by atoms with Crippen molar-refractivity contribution in [1.29, 1.82) is 0 Å². The number of methoxy groups -OCH3 is 2. The maximum Gasteiger partial charge on any atom is 0.170 e. The number of aliphatic hydroxyl groups is 2. The third-order valence-corrected chi connectivity index (χ3v) is 6.68. The summed E-state index contributed by atoms with van der Waals surface area (Å²) in [5.74, 6) is 0.315. The molecule has 0 saturated carbocycles. The lowest BCUT2D eigenvalue weighted by Crippen LogP contribution is -2.53. The van der Waals surface area contributed by atoms with E-state index in [0.717, 1.165) is 5.56 Å². The molecule has 1 fully saturated rings. The van der Waals surface area contributed by atoms with Gasteiger partial charge in [-0.05, 0) is 41.8 Å². The van der Waals surface area contributed by atoms with Gasteiger partial charge in [0.1, 0.15) is 17.1 Å². The lowest BCUT2D eigenvalue weighted by atomic mass is 9.72. The van der Waals surface area contributed by atoms with E-state index in [2.05, 4.69) is 4.90 Å². The molecule has 4 rings (SSSR count). The molecule has 0 spiro atoms. The minimum absolute atomic E-state index is 0.164. The fourth-order valence-corrected chi connectivity index (χ4v) is 4.71. The summed E-state index contributed by atoms with van der Waals surface area (Å²) in [6.07, 6.45) is -0.334. The second kappa shape index (κ2) is 10.4. The number of hydrogen-bond acceptors (Lipinski definition) is 6. The Balaban J connectivity index is 1.65. The summed E-state index contributed by atoms with van der Waals surface area (Å²) in [6, 6.07) is 23.8. The molecular weight excluding hydrogens is 430 g/mol. The van der Waals surface area contributed by atoms with E-state index in [9.17, 15) is 15.0 Å². The highest BCUT2D eigenvalue weighted by Gasteiger charge is 2.47. The van der Waals surface area contributed by atoms with E-state index in [1.165, 1.54) is 0 Å². The van der Waals surface area contributed by atoms with Crippen molar-refractivity contribution >= 4 is 5.78 Å². The number of carbonyl (C=O) groups excluding carboxylic acids is 1. The van der Waals surface area contributed by atoms with Crippen molar-refractivity contribution in [3.8, 4) is 11.5 Å². The van der Waals surface area contributed by atoms with Gasteiger partial charge in [-0.15, -0.1) is 0 Å². The van der Waals surface area contributed by atoms with Crippen LogP contribution in [0.1, 0.15) is 34.0 Å². The number of Topliss-reactive ketones (excluding diaryl/α,β-unsaturated/α-hetero) is 1. The maximum atomic E-state index is 13.8. The highest BCUT2D eigenvalue weighted by Crippen LogP contribution is 2.41. The molecule has 6 nitrogen and oxygen atoms in total. The largest absolute Gasteiger partial charge is 0.497 e. The molecule has 1 heterocycles. The molecule has 0 amide bonds. The van der Waals surface area contributed by atoms with Gasteiger partial charge in [0.05, 0.1) is 26.2 Å². The Hall–Kier alpha value is -3.19. The van der Waals surface area contributed by atoms with Crippen LogP contribution in [0.5, 0.6) is 11.5 Å². The molecule has 0 bridgehead atoms. The number of aliphatic hydroxyl groups excluding tert-OH is 1. The molecule has 1 aliphatic rings. The molecule has 178 valence electrons. The number of benzene rings is 3. The first-order chi connectivity index (χ1) is 16.4. The van der Waals surface area contributed by atoms with Gasteiger partial charge in [0.2, 0.25) is 0 Å². The van der Waals surface area contributed by atoms with Crippen molar-refractivity contribution in [2.75, 3.05) is 33.9 Å². The summed E-state index contributed by atoms with van der Waals surface area (Å²) < 4.78 is 10.7. The second-order valence-electron chi connectivity index (χ2n) is 8.74. The molecule has 0 aromatic heterocycles. The van der Waals surface area contributed by atoms with Crippen molar-refractivity contribution in [3.05, 3.63) is 95.6 Å². The Morgan fingerprint density at radius 1 is 1.00 bits per heavy atom. The Labute approximate surface area is 200 Å². The lowest BCUT2D eigenvalue weighted by molar-refractivity contribution is -0.0704. The van der Waals surface area contributed by atoms with Crippen molar-refractivity contribution < 1.29 is 24.5 Å². The van der Waals surface area contributed by atoms with Gasteiger partial charge < -0.3 is 19.7 Å². The van der Waals surface area contributed by atoms with Crippen LogP contribution in [0, 0.1) is 5.92 Å². The Morgan fingerprint density at radius 2 is 1.68 bits per heavy atom. The van der Waals surface area contributed by atoms with Crippen molar-refractivity contribution in [2.24, 2.45) is 5.92 Å². The zero-order valence-corrected chi connectivity index (χ0v) is 19.6. The Bertz CT molecular complexity index is 1120. The van der Waals surface area contributed by atoms with Crippen LogP contribution in [0.4, 0.5) is 0 Å². The number of ether oxygens (including phenoxy) is 2. The van der Waals surface area contributed by atoms with E-state index in [4.69, 9.17) is 9.47 Å². The minimum Gasteiger partial charge on any atom is -0.497 e. The first-order valence-electron chi connectivity index (χ1n) is 11.4. The van der Waals surface area contributed by atoms with Gasteiger partial charge in [0.25, 0.3) is 0 Å². The molecule has 1 saturated heterocycles. The van der Waals surface area contributed by atoms with Gasteiger partial charge >= 0.3 is 0 Å². The zero-order valence-electron chi connectivity index (χ0n) is 19.6. The minimum atomic E-state index is -1.37. The van der Waals surface area contributed by atoms with Crippen LogP contribution < -0.4 is 9.47 Å². The molecule has 34 heavy (non-hydrogen) atoms. The Morgan fingerprint density at radius 3 is 2.38 bits per heavy atom. The predicted octanol–water partition coefficient (Wildman–Crippen LogP) is 3.83. The van der Waals surface area contributed by atoms with Crippen molar-refractivity contribution in [1.82, 2.24) is 4.90 Å². The fourth-order valence-electron chi connectivity index (χ4n) is 4.71. The smallest absolute Gasteiger partial charge is 0.170 e. The number of β-amino-alcohol motifs (C(OH)–C–C–N with tert-alkyl or cyclic N) is 1. The number of nitrogens with zero attached hydrogens (tertiary/aromatic N) is 1. The zero-order chi connectivity index (χ0) is 24.1. The number of hydrogen-bond donors (Lipinski definition) is 2. The van der Waals surface area contributed by atoms with Crippen LogP contribution in [0.2, 0.25) is 0 Å². The van der Waals surface area contributed by atoms with Crippen LogP contribution in [0.15, 0.2) is 78.9 Å². The third-order valence-electron chi connectivity index (χ3n) is 6.68. The number of ketones is 1. The average Bonchev–Trinajstić information content (AvgIpc) is 2.90. The lowest BCUT2D eigenvalue weighted by Gasteiger charge is -2.44. The molecule has 0 aliphatic carbocycles. The highest BCUT2D eigenvalue weighted by molar-refractivity contribution is 5.99. The van der Waals surface area contributed by atoms with Crippen molar-refractivity contribution in [2.45, 2.75) is 18.1 Å². The molecule has 3 unspecified atom stereocenters. The van der Waals surface area contributed by atoms with Gasteiger partial charge in [-0.2, -0.15) is 0 Å². The van der Waals surface area contributed by atoms with Gasteiger partial charge in [0, 0.05) is 25.2 Å². The van der Waals surface area contributed by atoms with Crippen LogP contribution >= 0.6 is 0 Å². The first-order valence-corrected chi connectivity index (χ1v) is 11.4. The van der Waals surface area contributed by atoms with Gasteiger partial charge in [-0.3, -0.25) is 9.69 Å². The summed E-state index contributed by atoms with van der Waals surface area (Å²) in [5, 5.41) is 22.7. The van der Waals surface area contributed by atoms with Gasteiger partial charge in [0.15, 0.2) is 5.78 Å². The van der Waals surface area contributed by atoms with E-state index in [1.807, 2.05) is 48.5 Å². The van der Waals surface area contributed by atoms with E-state index in [0.29, 0.717) is 48.7 Å². The summed E-state index contributed by atoms with van der Waals surface area (Å²) in [4.78, 5) is 15.8. The summed E-state index contributed by atoms with van der Waals surface area (Å²) in [6.45, 7) is 1.23. The molecular formula is C28H31NO5. The van der Waals surface area contributed by atoms with Gasteiger partial charge in [-0.25, -0.2) is 0 Å². The predicted molar refractivity (Wildman–Crippen MR) is 130 cm³/mol. The maximum absolute atomic E-state index is 13.8.